The molecule has 40 heavy (non-hydrogen) atoms. The quantitative estimate of drug-likeness (QED) is 0.300. The number of alkyl halides is 2. The van der Waals surface area contributed by atoms with Gasteiger partial charge in [-0.15, -0.1) is 0 Å². The van der Waals surface area contributed by atoms with Gasteiger partial charge in [-0.1, -0.05) is 38.5 Å². The van der Waals surface area contributed by atoms with Crippen LogP contribution in [0.15, 0.2) is 36.4 Å². The Balaban J connectivity index is 1.13. The highest BCUT2D eigenvalue weighted by Crippen LogP contribution is 2.45. The zero-order chi connectivity index (χ0) is 28.3. The monoisotopic (exact) mass is 562 g/mol. The maximum atomic E-state index is 15.3. The Morgan fingerprint density at radius 2 is 1.50 bits per heavy atom. The fourth-order valence-corrected chi connectivity index (χ4v) is 6.78. The molecule has 0 spiro atoms. The highest BCUT2D eigenvalue weighted by Gasteiger charge is 2.44. The number of halogens is 4. The fourth-order valence-electron chi connectivity index (χ4n) is 6.78. The van der Waals surface area contributed by atoms with Gasteiger partial charge in [0.05, 0.1) is 19.1 Å². The zero-order valence-corrected chi connectivity index (χ0v) is 23.7. The van der Waals surface area contributed by atoms with Crippen molar-refractivity contribution in [2.75, 3.05) is 13.2 Å². The molecule has 1 heterocycles. The Hall–Kier alpha value is -2.12. The largest absolute Gasteiger partial charge is 0.432 e. The number of benzene rings is 2. The average molecular weight is 563 g/mol. The molecule has 3 nitrogen and oxygen atoms in total. The molecule has 1 saturated heterocycles. The van der Waals surface area contributed by atoms with E-state index in [0.29, 0.717) is 48.1 Å². The molecule has 0 aromatic heterocycles. The van der Waals surface area contributed by atoms with E-state index in [1.807, 2.05) is 19.1 Å². The summed E-state index contributed by atoms with van der Waals surface area (Å²) < 4.78 is 76.2. The van der Waals surface area contributed by atoms with Gasteiger partial charge in [0, 0.05) is 17.9 Å². The van der Waals surface area contributed by atoms with Crippen molar-refractivity contribution in [3.05, 3.63) is 64.7 Å². The maximum absolute atomic E-state index is 15.3. The topological polar surface area (TPSA) is 27.7 Å². The first-order chi connectivity index (χ1) is 19.2. The second-order valence-electron chi connectivity index (χ2n) is 12.2. The average Bonchev–Trinajstić information content (AvgIpc) is 2.95. The number of hydrogen-bond acceptors (Lipinski definition) is 3. The Morgan fingerprint density at radius 3 is 2.12 bits per heavy atom. The van der Waals surface area contributed by atoms with Gasteiger partial charge in [0.25, 0.3) is 0 Å². The third-order valence-electron chi connectivity index (χ3n) is 9.18. The molecule has 3 aliphatic rings. The summed E-state index contributed by atoms with van der Waals surface area (Å²) in [5.74, 6) is -0.846. The third kappa shape index (κ3) is 6.84. The van der Waals surface area contributed by atoms with Gasteiger partial charge < -0.3 is 14.2 Å². The lowest BCUT2D eigenvalue weighted by molar-refractivity contribution is -0.226. The lowest BCUT2D eigenvalue weighted by Crippen LogP contribution is -2.37. The van der Waals surface area contributed by atoms with E-state index < -0.39 is 17.8 Å². The lowest BCUT2D eigenvalue weighted by atomic mass is 9.76. The second kappa shape index (κ2) is 12.8. The van der Waals surface area contributed by atoms with Crippen molar-refractivity contribution >= 4 is 0 Å². The maximum Gasteiger partial charge on any atom is 0.400 e. The van der Waals surface area contributed by atoms with Crippen LogP contribution in [0.3, 0.4) is 0 Å². The summed E-state index contributed by atoms with van der Waals surface area (Å²) in [6, 6.07) is 9.53. The summed E-state index contributed by atoms with van der Waals surface area (Å²) in [7, 11) is 0. The van der Waals surface area contributed by atoms with Gasteiger partial charge in [-0.2, -0.15) is 8.78 Å². The molecule has 0 radical (unpaired) electrons. The number of ether oxygens (including phenoxy) is 3. The summed E-state index contributed by atoms with van der Waals surface area (Å²) in [5.41, 5.74) is 2.13. The van der Waals surface area contributed by atoms with Gasteiger partial charge in [0.15, 0.2) is 6.29 Å². The van der Waals surface area contributed by atoms with E-state index >= 15 is 4.39 Å². The SMILES string of the molecule is CCCc1ccc(OC(F)(F)C2CCC(c3ccc(C4CCC(C5OCC(C)CO5)CC4)cc3F)CC2)cc1F. The van der Waals surface area contributed by atoms with E-state index in [1.165, 1.54) is 12.1 Å². The van der Waals surface area contributed by atoms with Crippen molar-refractivity contribution in [2.45, 2.75) is 102 Å². The molecule has 2 saturated carbocycles. The summed E-state index contributed by atoms with van der Waals surface area (Å²) in [4.78, 5) is 0. The van der Waals surface area contributed by atoms with Gasteiger partial charge in [-0.05, 0) is 98.4 Å². The molecule has 1 aliphatic heterocycles. The molecule has 5 rings (SSSR count). The van der Waals surface area contributed by atoms with Crippen LogP contribution in [0.25, 0.3) is 0 Å². The molecule has 3 fully saturated rings. The van der Waals surface area contributed by atoms with E-state index in [4.69, 9.17) is 14.2 Å². The molecule has 0 atom stereocenters. The van der Waals surface area contributed by atoms with Crippen LogP contribution < -0.4 is 4.74 Å². The minimum Gasteiger partial charge on any atom is -0.432 e. The second-order valence-corrected chi connectivity index (χ2v) is 12.2. The van der Waals surface area contributed by atoms with Gasteiger partial charge in [-0.3, -0.25) is 0 Å². The minimum absolute atomic E-state index is 0.0920. The number of rotatable bonds is 8. The van der Waals surface area contributed by atoms with Crippen LogP contribution in [0.5, 0.6) is 5.75 Å². The van der Waals surface area contributed by atoms with Crippen LogP contribution in [0.2, 0.25) is 0 Å². The van der Waals surface area contributed by atoms with E-state index in [0.717, 1.165) is 56.9 Å². The molecule has 7 heteroatoms. The molecule has 0 amide bonds. The number of aryl methyl sites for hydroxylation is 1. The normalized spacial score (nSPS) is 29.8. The van der Waals surface area contributed by atoms with Crippen molar-refractivity contribution < 1.29 is 31.8 Å². The highest BCUT2D eigenvalue weighted by atomic mass is 19.3. The first-order valence-electron chi connectivity index (χ1n) is 15.1. The van der Waals surface area contributed by atoms with E-state index in [-0.39, 0.29) is 36.6 Å². The van der Waals surface area contributed by atoms with Crippen molar-refractivity contribution in [1.82, 2.24) is 0 Å². The Labute approximate surface area is 235 Å². The minimum atomic E-state index is -3.41. The number of hydrogen-bond donors (Lipinski definition) is 0. The fraction of sp³-hybridized carbons (Fsp3) is 0.636. The van der Waals surface area contributed by atoms with Crippen molar-refractivity contribution in [1.29, 1.82) is 0 Å². The molecule has 220 valence electrons. The molecule has 2 aromatic rings. The van der Waals surface area contributed by atoms with E-state index in [2.05, 4.69) is 6.92 Å². The zero-order valence-electron chi connectivity index (χ0n) is 23.7. The standard InChI is InChI=1S/C33H42F4O3/c1-3-4-24-11-15-28(18-30(24)34)40-33(36,37)27-13-9-23(10-14-27)29-16-12-26(17-31(29)35)22-5-7-25(8-6-22)32-38-19-21(2)20-39-32/h11-12,15-18,21-23,25,27,32H,3-10,13-14,19-20H2,1-2H3. The Bertz CT molecular complexity index is 1110. The smallest absolute Gasteiger partial charge is 0.400 e. The van der Waals surface area contributed by atoms with Gasteiger partial charge >= 0.3 is 6.11 Å². The summed E-state index contributed by atoms with van der Waals surface area (Å²) in [6.45, 7) is 5.55. The van der Waals surface area contributed by atoms with Crippen LogP contribution in [-0.2, 0) is 15.9 Å². The van der Waals surface area contributed by atoms with Gasteiger partial charge in [0.2, 0.25) is 0 Å². The lowest BCUT2D eigenvalue weighted by Gasteiger charge is -2.37. The van der Waals surface area contributed by atoms with Crippen LogP contribution >= 0.6 is 0 Å². The Morgan fingerprint density at radius 1 is 0.825 bits per heavy atom. The van der Waals surface area contributed by atoms with Crippen molar-refractivity contribution in [3.8, 4) is 5.75 Å². The van der Waals surface area contributed by atoms with Crippen molar-refractivity contribution in [2.24, 2.45) is 17.8 Å². The molecule has 0 N–H and O–H groups in total. The first kappa shape index (κ1) is 29.4. The van der Waals surface area contributed by atoms with Crippen LogP contribution in [0, 0.1) is 29.4 Å². The summed E-state index contributed by atoms with van der Waals surface area (Å²) >= 11 is 0. The highest BCUT2D eigenvalue weighted by molar-refractivity contribution is 5.31. The summed E-state index contributed by atoms with van der Waals surface area (Å²) in [6.07, 6.45) is 3.15. The van der Waals surface area contributed by atoms with E-state index in [9.17, 15) is 13.2 Å². The van der Waals surface area contributed by atoms with E-state index in [1.54, 1.807) is 6.07 Å². The van der Waals surface area contributed by atoms with Gasteiger partial charge in [0.1, 0.15) is 17.4 Å². The van der Waals surface area contributed by atoms with Gasteiger partial charge in [-0.25, -0.2) is 8.78 Å². The predicted molar refractivity (Wildman–Crippen MR) is 147 cm³/mol. The molecule has 2 aliphatic carbocycles. The first-order valence-corrected chi connectivity index (χ1v) is 15.1. The molecule has 0 bridgehead atoms. The van der Waals surface area contributed by atoms with Crippen LogP contribution in [0.1, 0.15) is 100 Å². The predicted octanol–water partition coefficient (Wildman–Crippen LogP) is 9.15. The van der Waals surface area contributed by atoms with Crippen molar-refractivity contribution in [3.63, 3.8) is 0 Å². The molecule has 0 unspecified atom stereocenters. The molecule has 2 aromatic carbocycles. The Kier molecular flexibility index (Phi) is 9.41. The molecular formula is C33H42F4O3. The van der Waals surface area contributed by atoms with Crippen LogP contribution in [-0.4, -0.2) is 25.6 Å². The summed E-state index contributed by atoms with van der Waals surface area (Å²) in [5, 5.41) is 0. The molecular weight excluding hydrogens is 520 g/mol. The van der Waals surface area contributed by atoms with Crippen LogP contribution in [0.4, 0.5) is 17.6 Å². The third-order valence-corrected chi connectivity index (χ3v) is 9.18.